The zero-order valence-electron chi connectivity index (χ0n) is 13.4. The third kappa shape index (κ3) is 5.51. The fraction of sp³-hybridized carbons (Fsp3) is 0.467. The van der Waals surface area contributed by atoms with Crippen molar-refractivity contribution in [3.8, 4) is 0 Å². The summed E-state index contributed by atoms with van der Waals surface area (Å²) in [6, 6.07) is 4.37. The SMILES string of the molecule is CCc1ccc(CNC(=NC)NCc2nc(C)c(C)s2)s1.I. The highest BCUT2D eigenvalue weighted by molar-refractivity contribution is 14.0. The highest BCUT2D eigenvalue weighted by Crippen LogP contribution is 2.17. The largest absolute Gasteiger partial charge is 0.352 e. The lowest BCUT2D eigenvalue weighted by atomic mass is 10.4. The van der Waals surface area contributed by atoms with Gasteiger partial charge in [0.25, 0.3) is 0 Å². The molecule has 2 heterocycles. The first-order valence-electron chi connectivity index (χ1n) is 7.07. The number of halogens is 1. The summed E-state index contributed by atoms with van der Waals surface area (Å²) >= 11 is 3.58. The van der Waals surface area contributed by atoms with Crippen LogP contribution < -0.4 is 10.6 Å². The molecule has 0 saturated heterocycles. The Hall–Kier alpha value is -0.670. The summed E-state index contributed by atoms with van der Waals surface area (Å²) in [4.78, 5) is 12.8. The van der Waals surface area contributed by atoms with Gasteiger partial charge in [0.15, 0.2) is 5.96 Å². The Morgan fingerprint density at radius 2 is 1.82 bits per heavy atom. The van der Waals surface area contributed by atoms with E-state index in [1.54, 1.807) is 18.4 Å². The monoisotopic (exact) mass is 450 g/mol. The topological polar surface area (TPSA) is 49.3 Å². The van der Waals surface area contributed by atoms with Crippen LogP contribution in [0.15, 0.2) is 17.1 Å². The van der Waals surface area contributed by atoms with Crippen LogP contribution in [0.2, 0.25) is 0 Å². The van der Waals surface area contributed by atoms with E-state index < -0.39 is 0 Å². The van der Waals surface area contributed by atoms with Crippen molar-refractivity contribution >= 4 is 52.6 Å². The second-order valence-corrected chi connectivity index (χ2v) is 7.29. The van der Waals surface area contributed by atoms with Gasteiger partial charge in [0.05, 0.1) is 18.8 Å². The summed E-state index contributed by atoms with van der Waals surface area (Å²) in [5.41, 5.74) is 1.12. The smallest absolute Gasteiger partial charge is 0.191 e. The highest BCUT2D eigenvalue weighted by Gasteiger charge is 2.05. The van der Waals surface area contributed by atoms with Crippen LogP contribution in [0.1, 0.15) is 32.3 Å². The molecule has 2 rings (SSSR count). The number of hydrogen-bond donors (Lipinski definition) is 2. The third-order valence-electron chi connectivity index (χ3n) is 3.20. The molecule has 22 heavy (non-hydrogen) atoms. The van der Waals surface area contributed by atoms with Gasteiger partial charge in [-0.3, -0.25) is 4.99 Å². The predicted molar refractivity (Wildman–Crippen MR) is 108 cm³/mol. The van der Waals surface area contributed by atoms with Crippen LogP contribution in [0.25, 0.3) is 0 Å². The number of thiazole rings is 1. The van der Waals surface area contributed by atoms with E-state index in [0.717, 1.165) is 29.6 Å². The maximum absolute atomic E-state index is 4.52. The highest BCUT2D eigenvalue weighted by atomic mass is 127. The van der Waals surface area contributed by atoms with Crippen molar-refractivity contribution in [2.24, 2.45) is 4.99 Å². The minimum atomic E-state index is 0. The van der Waals surface area contributed by atoms with Gasteiger partial charge >= 0.3 is 0 Å². The van der Waals surface area contributed by atoms with E-state index in [1.165, 1.54) is 14.6 Å². The molecule has 0 aromatic carbocycles. The van der Waals surface area contributed by atoms with Crippen LogP contribution in [-0.2, 0) is 19.5 Å². The first-order valence-corrected chi connectivity index (χ1v) is 8.70. The Labute approximate surface area is 157 Å². The van der Waals surface area contributed by atoms with E-state index in [1.807, 2.05) is 18.3 Å². The molecule has 0 unspecified atom stereocenters. The lowest BCUT2D eigenvalue weighted by Gasteiger charge is -2.09. The molecule has 0 saturated carbocycles. The fourth-order valence-electron chi connectivity index (χ4n) is 1.87. The fourth-order valence-corrected chi connectivity index (χ4v) is 3.64. The Kier molecular flexibility index (Phi) is 8.34. The molecule has 0 aliphatic heterocycles. The Balaban J connectivity index is 0.00000242. The summed E-state index contributed by atoms with van der Waals surface area (Å²) < 4.78 is 0. The van der Waals surface area contributed by atoms with Crippen molar-refractivity contribution in [2.75, 3.05) is 7.05 Å². The maximum Gasteiger partial charge on any atom is 0.191 e. The van der Waals surface area contributed by atoms with Gasteiger partial charge < -0.3 is 10.6 Å². The average molecular weight is 450 g/mol. The van der Waals surface area contributed by atoms with E-state index in [2.05, 4.69) is 46.6 Å². The van der Waals surface area contributed by atoms with Crippen LogP contribution in [-0.4, -0.2) is 18.0 Å². The van der Waals surface area contributed by atoms with Gasteiger partial charge in [-0.05, 0) is 32.4 Å². The standard InChI is InChI=1S/C15H22N4S2.HI/c1-5-12-6-7-13(21-12)8-17-15(16-4)18-9-14-19-10(2)11(3)20-14;/h6-7H,5,8-9H2,1-4H3,(H2,16,17,18);1H. The van der Waals surface area contributed by atoms with Gasteiger partial charge in [-0.25, -0.2) is 4.98 Å². The quantitative estimate of drug-likeness (QED) is 0.413. The Bertz CT molecular complexity index is 599. The minimum absolute atomic E-state index is 0. The van der Waals surface area contributed by atoms with Crippen molar-refractivity contribution < 1.29 is 0 Å². The van der Waals surface area contributed by atoms with E-state index in [4.69, 9.17) is 0 Å². The molecule has 0 spiro atoms. The minimum Gasteiger partial charge on any atom is -0.352 e. The molecular weight excluding hydrogens is 427 g/mol. The second-order valence-electron chi connectivity index (χ2n) is 4.75. The van der Waals surface area contributed by atoms with Crippen molar-refractivity contribution in [2.45, 2.75) is 40.3 Å². The number of rotatable bonds is 5. The zero-order chi connectivity index (χ0) is 15.2. The number of nitrogens with zero attached hydrogens (tertiary/aromatic N) is 2. The molecule has 0 atom stereocenters. The molecule has 0 radical (unpaired) electrons. The molecule has 7 heteroatoms. The summed E-state index contributed by atoms with van der Waals surface area (Å²) in [6.45, 7) is 7.85. The number of nitrogens with one attached hydrogen (secondary N) is 2. The van der Waals surface area contributed by atoms with Gasteiger partial charge in [-0.15, -0.1) is 46.7 Å². The molecule has 0 aliphatic rings. The third-order valence-corrected chi connectivity index (χ3v) is 5.50. The maximum atomic E-state index is 4.52. The summed E-state index contributed by atoms with van der Waals surface area (Å²) in [6.07, 6.45) is 1.10. The van der Waals surface area contributed by atoms with Crippen molar-refractivity contribution in [1.82, 2.24) is 15.6 Å². The van der Waals surface area contributed by atoms with Crippen LogP contribution in [0, 0.1) is 13.8 Å². The lowest BCUT2D eigenvalue weighted by Crippen LogP contribution is -2.36. The molecule has 0 fully saturated rings. The zero-order valence-corrected chi connectivity index (χ0v) is 17.4. The number of aliphatic imine (C=N–C) groups is 1. The summed E-state index contributed by atoms with van der Waals surface area (Å²) in [5, 5.41) is 7.74. The van der Waals surface area contributed by atoms with Gasteiger partial charge in [-0.1, -0.05) is 6.92 Å². The van der Waals surface area contributed by atoms with Crippen molar-refractivity contribution in [3.05, 3.63) is 37.5 Å². The van der Waals surface area contributed by atoms with E-state index >= 15 is 0 Å². The van der Waals surface area contributed by atoms with E-state index in [0.29, 0.717) is 6.54 Å². The molecule has 0 amide bonds. The lowest BCUT2D eigenvalue weighted by molar-refractivity contribution is 0.809. The predicted octanol–water partition coefficient (Wildman–Crippen LogP) is 3.87. The summed E-state index contributed by atoms with van der Waals surface area (Å²) in [7, 11) is 1.79. The first-order chi connectivity index (χ1) is 10.1. The van der Waals surface area contributed by atoms with Crippen molar-refractivity contribution in [1.29, 1.82) is 0 Å². The van der Waals surface area contributed by atoms with Crippen LogP contribution in [0.4, 0.5) is 0 Å². The number of guanidine groups is 1. The van der Waals surface area contributed by atoms with Crippen LogP contribution >= 0.6 is 46.7 Å². The van der Waals surface area contributed by atoms with Crippen molar-refractivity contribution in [3.63, 3.8) is 0 Å². The second kappa shape index (κ2) is 9.46. The first kappa shape index (κ1) is 19.4. The normalized spacial score (nSPS) is 11.2. The number of aryl methyl sites for hydroxylation is 3. The van der Waals surface area contributed by atoms with Crippen LogP contribution in [0.5, 0.6) is 0 Å². The Morgan fingerprint density at radius 3 is 2.36 bits per heavy atom. The van der Waals surface area contributed by atoms with Crippen LogP contribution in [0.3, 0.4) is 0 Å². The Morgan fingerprint density at radius 1 is 1.14 bits per heavy atom. The molecule has 0 aliphatic carbocycles. The van der Waals surface area contributed by atoms with Gasteiger partial charge in [0, 0.05) is 21.7 Å². The molecule has 2 aromatic rings. The number of hydrogen-bond acceptors (Lipinski definition) is 4. The van der Waals surface area contributed by atoms with Gasteiger partial charge in [-0.2, -0.15) is 0 Å². The van der Waals surface area contributed by atoms with Gasteiger partial charge in [0.2, 0.25) is 0 Å². The number of aromatic nitrogens is 1. The van der Waals surface area contributed by atoms with E-state index in [-0.39, 0.29) is 24.0 Å². The van der Waals surface area contributed by atoms with Gasteiger partial charge in [0.1, 0.15) is 5.01 Å². The molecule has 4 nitrogen and oxygen atoms in total. The molecule has 122 valence electrons. The molecule has 0 bridgehead atoms. The molecule has 2 aromatic heterocycles. The summed E-state index contributed by atoms with van der Waals surface area (Å²) in [5.74, 6) is 0.812. The van der Waals surface area contributed by atoms with E-state index in [9.17, 15) is 0 Å². The molecule has 2 N–H and O–H groups in total. The average Bonchev–Trinajstić information content (AvgIpc) is 3.06. The molecular formula is C15H23IN4S2. The number of thiophene rings is 1.